The van der Waals surface area contributed by atoms with Crippen LogP contribution in [0.2, 0.25) is 0 Å². The van der Waals surface area contributed by atoms with Crippen molar-refractivity contribution in [2.24, 2.45) is 17.1 Å². The zero-order valence-electron chi connectivity index (χ0n) is 16.4. The summed E-state index contributed by atoms with van der Waals surface area (Å²) in [5, 5.41) is 0. The largest absolute Gasteiger partial charge is 0.369 e. The first-order valence-electron chi connectivity index (χ1n) is 9.78. The van der Waals surface area contributed by atoms with E-state index < -0.39 is 10.0 Å². The molecule has 2 fully saturated rings. The van der Waals surface area contributed by atoms with Crippen molar-refractivity contribution in [2.45, 2.75) is 51.0 Å². The van der Waals surface area contributed by atoms with E-state index in [0.717, 1.165) is 44.3 Å². The summed E-state index contributed by atoms with van der Waals surface area (Å²) in [4.78, 5) is 13.9. The van der Waals surface area contributed by atoms with Crippen LogP contribution in [0, 0.1) is 11.3 Å². The molecule has 1 amide bonds. The first kappa shape index (κ1) is 20.3. The number of hydrogen-bond acceptors (Lipinski definition) is 4. The van der Waals surface area contributed by atoms with E-state index in [2.05, 4.69) is 18.7 Å². The first-order chi connectivity index (χ1) is 12.7. The molecule has 0 atom stereocenters. The minimum absolute atomic E-state index is 0.0215. The molecule has 2 N–H and O–H groups in total. The lowest BCUT2D eigenvalue weighted by atomic mass is 9.85. The fourth-order valence-corrected chi connectivity index (χ4v) is 5.90. The Morgan fingerprint density at radius 3 is 2.56 bits per heavy atom. The summed E-state index contributed by atoms with van der Waals surface area (Å²) < 4.78 is 27.8. The van der Waals surface area contributed by atoms with E-state index in [1.807, 2.05) is 12.1 Å². The maximum absolute atomic E-state index is 13.1. The minimum atomic E-state index is -3.46. The zero-order valence-corrected chi connectivity index (χ0v) is 17.2. The van der Waals surface area contributed by atoms with Crippen molar-refractivity contribution >= 4 is 15.9 Å². The second-order valence-corrected chi connectivity index (χ2v) is 10.6. The number of rotatable bonds is 5. The molecular weight excluding hydrogens is 362 g/mol. The van der Waals surface area contributed by atoms with E-state index in [0.29, 0.717) is 24.5 Å². The number of primary amides is 1. The molecule has 0 unspecified atom stereocenters. The van der Waals surface area contributed by atoms with Crippen LogP contribution in [-0.2, 0) is 21.4 Å². The van der Waals surface area contributed by atoms with Crippen molar-refractivity contribution in [1.29, 1.82) is 0 Å². The molecule has 0 bridgehead atoms. The minimum Gasteiger partial charge on any atom is -0.369 e. The van der Waals surface area contributed by atoms with Gasteiger partial charge in [-0.25, -0.2) is 8.42 Å². The maximum atomic E-state index is 13.1. The van der Waals surface area contributed by atoms with Gasteiger partial charge in [-0.2, -0.15) is 4.31 Å². The molecule has 0 radical (unpaired) electrons. The van der Waals surface area contributed by atoms with Gasteiger partial charge in [-0.3, -0.25) is 9.69 Å². The third kappa shape index (κ3) is 4.89. The van der Waals surface area contributed by atoms with Gasteiger partial charge in [0.1, 0.15) is 0 Å². The summed E-state index contributed by atoms with van der Waals surface area (Å²) in [7, 11) is -3.46. The molecule has 1 aromatic carbocycles. The lowest BCUT2D eigenvalue weighted by Gasteiger charge is -2.37. The van der Waals surface area contributed by atoms with Crippen LogP contribution in [0.1, 0.15) is 45.1 Å². The summed E-state index contributed by atoms with van der Waals surface area (Å²) in [6.07, 6.45) is 3.51. The van der Waals surface area contributed by atoms with Crippen molar-refractivity contribution < 1.29 is 13.2 Å². The van der Waals surface area contributed by atoms with Crippen LogP contribution < -0.4 is 5.73 Å². The van der Waals surface area contributed by atoms with Crippen LogP contribution in [0.5, 0.6) is 0 Å². The Morgan fingerprint density at radius 2 is 1.93 bits per heavy atom. The van der Waals surface area contributed by atoms with E-state index in [-0.39, 0.29) is 17.2 Å². The lowest BCUT2D eigenvalue weighted by molar-refractivity contribution is -0.123. The molecule has 2 aliphatic heterocycles. The van der Waals surface area contributed by atoms with E-state index in [1.165, 1.54) is 0 Å². The van der Waals surface area contributed by atoms with Gasteiger partial charge in [0.05, 0.1) is 4.90 Å². The van der Waals surface area contributed by atoms with Crippen molar-refractivity contribution in [2.75, 3.05) is 26.2 Å². The van der Waals surface area contributed by atoms with Crippen molar-refractivity contribution in [3.63, 3.8) is 0 Å². The van der Waals surface area contributed by atoms with Gasteiger partial charge in [-0.15, -0.1) is 0 Å². The molecule has 2 saturated heterocycles. The number of nitrogens with zero attached hydrogens (tertiary/aromatic N) is 2. The molecule has 6 nitrogen and oxygen atoms in total. The molecular formula is C20H31N3O3S. The maximum Gasteiger partial charge on any atom is 0.243 e. The van der Waals surface area contributed by atoms with Crippen molar-refractivity contribution in [1.82, 2.24) is 9.21 Å². The van der Waals surface area contributed by atoms with E-state index >= 15 is 0 Å². The van der Waals surface area contributed by atoms with Crippen LogP contribution in [-0.4, -0.2) is 49.7 Å². The highest BCUT2D eigenvalue weighted by molar-refractivity contribution is 7.89. The van der Waals surface area contributed by atoms with Crippen molar-refractivity contribution in [3.8, 4) is 0 Å². The molecule has 0 spiro atoms. The Kier molecular flexibility index (Phi) is 5.93. The number of carbonyl (C=O) groups excluding carboxylic acids is 1. The third-order valence-electron chi connectivity index (χ3n) is 5.80. The number of sulfonamides is 1. The normalized spacial score (nSPS) is 22.6. The summed E-state index contributed by atoms with van der Waals surface area (Å²) in [6, 6.07) is 7.30. The smallest absolute Gasteiger partial charge is 0.243 e. The molecule has 27 heavy (non-hydrogen) atoms. The summed E-state index contributed by atoms with van der Waals surface area (Å²) >= 11 is 0. The fourth-order valence-electron chi connectivity index (χ4n) is 4.16. The molecule has 2 aliphatic rings. The number of hydrogen-bond donors (Lipinski definition) is 1. The highest BCUT2D eigenvalue weighted by Gasteiger charge is 2.34. The second-order valence-electron chi connectivity index (χ2n) is 8.71. The molecule has 0 aromatic heterocycles. The highest BCUT2D eigenvalue weighted by Crippen LogP contribution is 2.32. The average Bonchev–Trinajstić information content (AvgIpc) is 2.61. The Hall–Kier alpha value is -1.44. The molecule has 7 heteroatoms. The topological polar surface area (TPSA) is 83.7 Å². The Labute approximate surface area is 162 Å². The standard InChI is InChI=1S/C20H31N3O3S/c1-20(2)9-4-10-23(15-20)27(25,26)18-6-3-5-16(13-18)14-22-11-7-17(8-12-22)19(21)24/h3,5-6,13,17H,4,7-12,14-15H2,1-2H3,(H2,21,24). The van der Waals surface area contributed by atoms with Crippen LogP contribution in [0.4, 0.5) is 0 Å². The van der Waals surface area contributed by atoms with Gasteiger partial charge in [0.2, 0.25) is 15.9 Å². The molecule has 3 rings (SSSR count). The van der Waals surface area contributed by atoms with Crippen LogP contribution in [0.25, 0.3) is 0 Å². The summed E-state index contributed by atoms with van der Waals surface area (Å²) in [5.41, 5.74) is 6.41. The predicted octanol–water partition coefficient (Wildman–Crippen LogP) is 2.19. The number of piperidine rings is 2. The average molecular weight is 394 g/mol. The number of likely N-dealkylation sites (tertiary alicyclic amines) is 1. The molecule has 1 aromatic rings. The van der Waals surface area contributed by atoms with Gasteiger partial charge in [0, 0.05) is 25.6 Å². The van der Waals surface area contributed by atoms with E-state index in [4.69, 9.17) is 5.73 Å². The molecule has 150 valence electrons. The first-order valence-corrected chi connectivity index (χ1v) is 11.2. The number of amides is 1. The third-order valence-corrected chi connectivity index (χ3v) is 7.64. The number of benzene rings is 1. The zero-order chi connectivity index (χ0) is 19.7. The second kappa shape index (κ2) is 7.89. The van der Waals surface area contributed by atoms with Gasteiger partial charge >= 0.3 is 0 Å². The van der Waals surface area contributed by atoms with Crippen LogP contribution in [0.3, 0.4) is 0 Å². The van der Waals surface area contributed by atoms with Crippen molar-refractivity contribution in [3.05, 3.63) is 29.8 Å². The number of carbonyl (C=O) groups is 1. The summed E-state index contributed by atoms with van der Waals surface area (Å²) in [5.74, 6) is -0.248. The van der Waals surface area contributed by atoms with Crippen LogP contribution in [0.15, 0.2) is 29.2 Å². The lowest BCUT2D eigenvalue weighted by Crippen LogP contribution is -2.43. The highest BCUT2D eigenvalue weighted by atomic mass is 32.2. The Bertz CT molecular complexity index is 783. The van der Waals surface area contributed by atoms with Gasteiger partial charge in [0.15, 0.2) is 0 Å². The molecule has 2 heterocycles. The Balaban J connectivity index is 1.69. The van der Waals surface area contributed by atoms with Gasteiger partial charge in [0.25, 0.3) is 0 Å². The van der Waals surface area contributed by atoms with Gasteiger partial charge in [-0.05, 0) is 61.9 Å². The van der Waals surface area contributed by atoms with E-state index in [1.54, 1.807) is 16.4 Å². The SMILES string of the molecule is CC1(C)CCCN(S(=O)(=O)c2cccc(CN3CCC(C(N)=O)CC3)c2)C1. The van der Waals surface area contributed by atoms with Gasteiger partial charge in [-0.1, -0.05) is 26.0 Å². The predicted molar refractivity (Wildman–Crippen MR) is 105 cm³/mol. The van der Waals surface area contributed by atoms with Crippen LogP contribution >= 0.6 is 0 Å². The monoisotopic (exact) mass is 393 g/mol. The van der Waals surface area contributed by atoms with Gasteiger partial charge < -0.3 is 5.73 Å². The fraction of sp³-hybridized carbons (Fsp3) is 0.650. The molecule has 0 aliphatic carbocycles. The number of nitrogens with two attached hydrogens (primary N) is 1. The molecule has 0 saturated carbocycles. The summed E-state index contributed by atoms with van der Waals surface area (Å²) in [6.45, 7) is 7.73. The Morgan fingerprint density at radius 1 is 1.22 bits per heavy atom. The quantitative estimate of drug-likeness (QED) is 0.831. The van der Waals surface area contributed by atoms with E-state index in [9.17, 15) is 13.2 Å².